The molecule has 0 saturated heterocycles. The average molecular weight is 244 g/mol. The third-order valence-corrected chi connectivity index (χ3v) is 2.41. The van der Waals surface area contributed by atoms with E-state index in [2.05, 4.69) is 9.97 Å². The van der Waals surface area contributed by atoms with Crippen LogP contribution >= 0.6 is 0 Å². The van der Waals surface area contributed by atoms with Crippen molar-refractivity contribution in [3.05, 3.63) is 53.6 Å². The lowest BCUT2D eigenvalue weighted by molar-refractivity contribution is 0.0684. The molecular formula is C13H12N2O3. The molecule has 92 valence electrons. The number of aryl methyl sites for hydroxylation is 1. The van der Waals surface area contributed by atoms with Gasteiger partial charge in [-0.2, -0.15) is 0 Å². The van der Waals surface area contributed by atoms with Gasteiger partial charge in [-0.15, -0.1) is 0 Å². The van der Waals surface area contributed by atoms with E-state index in [1.54, 1.807) is 6.92 Å². The Morgan fingerprint density at radius 3 is 2.67 bits per heavy atom. The summed E-state index contributed by atoms with van der Waals surface area (Å²) in [5, 5.41) is 9.02. The molecule has 0 amide bonds. The number of carboxylic acid groups (broad SMARTS) is 1. The second kappa shape index (κ2) is 5.27. The molecule has 0 radical (unpaired) electrons. The lowest BCUT2D eigenvalue weighted by atomic mass is 10.2. The summed E-state index contributed by atoms with van der Waals surface area (Å²) in [4.78, 5) is 18.7. The molecule has 1 heterocycles. The Morgan fingerprint density at radius 1 is 1.28 bits per heavy atom. The Balaban J connectivity index is 2.21. The summed E-state index contributed by atoms with van der Waals surface area (Å²) in [6.07, 6.45) is 1.22. The fourth-order valence-corrected chi connectivity index (χ4v) is 1.52. The van der Waals surface area contributed by atoms with Gasteiger partial charge in [0.05, 0.1) is 5.69 Å². The van der Waals surface area contributed by atoms with E-state index in [4.69, 9.17) is 9.84 Å². The maximum Gasteiger partial charge on any atom is 0.358 e. The van der Waals surface area contributed by atoms with E-state index in [1.807, 2.05) is 30.3 Å². The monoisotopic (exact) mass is 244 g/mol. The Kier molecular flexibility index (Phi) is 3.52. The van der Waals surface area contributed by atoms with Gasteiger partial charge in [0, 0.05) is 0 Å². The van der Waals surface area contributed by atoms with Crippen LogP contribution < -0.4 is 4.74 Å². The SMILES string of the molecule is Cc1ncnc(C(=O)O)c1OCc1ccccc1. The first kappa shape index (κ1) is 12.0. The highest BCUT2D eigenvalue weighted by Gasteiger charge is 2.16. The number of hydrogen-bond acceptors (Lipinski definition) is 4. The Labute approximate surface area is 104 Å². The van der Waals surface area contributed by atoms with Crippen molar-refractivity contribution < 1.29 is 14.6 Å². The molecule has 0 spiro atoms. The first-order valence-electron chi connectivity index (χ1n) is 5.40. The molecule has 2 rings (SSSR count). The minimum atomic E-state index is -1.12. The van der Waals surface area contributed by atoms with Gasteiger partial charge in [-0.05, 0) is 12.5 Å². The molecule has 0 unspecified atom stereocenters. The van der Waals surface area contributed by atoms with Crippen molar-refractivity contribution in [3.63, 3.8) is 0 Å². The van der Waals surface area contributed by atoms with Crippen LogP contribution in [-0.4, -0.2) is 21.0 Å². The lowest BCUT2D eigenvalue weighted by Gasteiger charge is -2.10. The number of rotatable bonds is 4. The highest BCUT2D eigenvalue weighted by Crippen LogP contribution is 2.20. The minimum Gasteiger partial charge on any atom is -0.484 e. The summed E-state index contributed by atoms with van der Waals surface area (Å²) >= 11 is 0. The third-order valence-electron chi connectivity index (χ3n) is 2.41. The van der Waals surface area contributed by atoms with Gasteiger partial charge < -0.3 is 9.84 Å². The van der Waals surface area contributed by atoms with Crippen molar-refractivity contribution in [2.24, 2.45) is 0 Å². The number of ether oxygens (including phenoxy) is 1. The predicted octanol–water partition coefficient (Wildman–Crippen LogP) is 2.06. The number of carbonyl (C=O) groups is 1. The summed E-state index contributed by atoms with van der Waals surface area (Å²) in [5.41, 5.74) is 1.36. The van der Waals surface area contributed by atoms with Crippen LogP contribution in [-0.2, 0) is 6.61 Å². The van der Waals surface area contributed by atoms with Gasteiger partial charge in [0.15, 0.2) is 11.4 Å². The normalized spacial score (nSPS) is 10.1. The van der Waals surface area contributed by atoms with Crippen molar-refractivity contribution in [3.8, 4) is 5.75 Å². The molecule has 2 aromatic rings. The molecule has 1 aromatic heterocycles. The number of benzene rings is 1. The first-order chi connectivity index (χ1) is 8.68. The molecule has 5 nitrogen and oxygen atoms in total. The van der Waals surface area contributed by atoms with E-state index in [9.17, 15) is 4.79 Å². The molecule has 18 heavy (non-hydrogen) atoms. The standard InChI is InChI=1S/C13H12N2O3/c1-9-12(11(13(16)17)15-8-14-9)18-7-10-5-3-2-4-6-10/h2-6,8H,7H2,1H3,(H,16,17). The van der Waals surface area contributed by atoms with Gasteiger partial charge in [0.1, 0.15) is 12.9 Å². The van der Waals surface area contributed by atoms with E-state index < -0.39 is 5.97 Å². The molecule has 0 aliphatic heterocycles. The number of carboxylic acids is 1. The van der Waals surface area contributed by atoms with E-state index in [0.717, 1.165) is 5.56 Å². The quantitative estimate of drug-likeness (QED) is 0.891. The lowest BCUT2D eigenvalue weighted by Crippen LogP contribution is -2.08. The van der Waals surface area contributed by atoms with Crippen molar-refractivity contribution >= 4 is 5.97 Å². The van der Waals surface area contributed by atoms with Crippen LogP contribution in [0.4, 0.5) is 0 Å². The summed E-state index contributed by atoms with van der Waals surface area (Å²) in [5.74, 6) is -0.905. The summed E-state index contributed by atoms with van der Waals surface area (Å²) in [7, 11) is 0. The number of nitrogens with zero attached hydrogens (tertiary/aromatic N) is 2. The highest BCUT2D eigenvalue weighted by atomic mass is 16.5. The van der Waals surface area contributed by atoms with E-state index in [1.165, 1.54) is 6.33 Å². The van der Waals surface area contributed by atoms with Crippen LogP contribution in [0, 0.1) is 6.92 Å². The van der Waals surface area contributed by atoms with Crippen LogP contribution in [0.5, 0.6) is 5.75 Å². The molecule has 0 fully saturated rings. The molecule has 0 atom stereocenters. The van der Waals surface area contributed by atoms with Crippen LogP contribution in [0.1, 0.15) is 21.7 Å². The zero-order valence-electron chi connectivity index (χ0n) is 9.83. The number of aromatic carboxylic acids is 1. The topological polar surface area (TPSA) is 72.3 Å². The Morgan fingerprint density at radius 2 is 2.00 bits per heavy atom. The second-order valence-corrected chi connectivity index (χ2v) is 3.72. The highest BCUT2D eigenvalue weighted by molar-refractivity contribution is 5.88. The van der Waals surface area contributed by atoms with Gasteiger partial charge in [-0.25, -0.2) is 14.8 Å². The predicted molar refractivity (Wildman–Crippen MR) is 64.5 cm³/mol. The van der Waals surface area contributed by atoms with Crippen LogP contribution in [0.25, 0.3) is 0 Å². The smallest absolute Gasteiger partial charge is 0.358 e. The largest absolute Gasteiger partial charge is 0.484 e. The van der Waals surface area contributed by atoms with E-state index >= 15 is 0 Å². The Bertz CT molecular complexity index is 555. The third kappa shape index (κ3) is 2.63. The van der Waals surface area contributed by atoms with Gasteiger partial charge in [0.25, 0.3) is 0 Å². The van der Waals surface area contributed by atoms with Crippen molar-refractivity contribution in [2.45, 2.75) is 13.5 Å². The van der Waals surface area contributed by atoms with Crippen LogP contribution in [0.15, 0.2) is 36.7 Å². The van der Waals surface area contributed by atoms with E-state index in [-0.39, 0.29) is 18.1 Å². The fraction of sp³-hybridized carbons (Fsp3) is 0.154. The molecule has 1 aromatic carbocycles. The molecule has 1 N–H and O–H groups in total. The zero-order valence-corrected chi connectivity index (χ0v) is 9.83. The number of hydrogen-bond donors (Lipinski definition) is 1. The second-order valence-electron chi connectivity index (χ2n) is 3.72. The van der Waals surface area contributed by atoms with Crippen LogP contribution in [0.2, 0.25) is 0 Å². The molecule has 0 aliphatic rings. The molecule has 5 heteroatoms. The minimum absolute atomic E-state index is 0.113. The van der Waals surface area contributed by atoms with Gasteiger partial charge >= 0.3 is 5.97 Å². The summed E-state index contributed by atoms with van der Waals surface area (Å²) in [6, 6.07) is 9.50. The summed E-state index contributed by atoms with van der Waals surface area (Å²) in [6.45, 7) is 1.98. The van der Waals surface area contributed by atoms with Crippen LogP contribution in [0.3, 0.4) is 0 Å². The van der Waals surface area contributed by atoms with Gasteiger partial charge in [-0.3, -0.25) is 0 Å². The average Bonchev–Trinajstić information content (AvgIpc) is 2.38. The fourth-order valence-electron chi connectivity index (χ4n) is 1.52. The first-order valence-corrected chi connectivity index (χ1v) is 5.40. The van der Waals surface area contributed by atoms with Gasteiger partial charge in [0.2, 0.25) is 0 Å². The molecule has 0 bridgehead atoms. The maximum atomic E-state index is 11.0. The van der Waals surface area contributed by atoms with Crippen molar-refractivity contribution in [1.29, 1.82) is 0 Å². The number of aromatic nitrogens is 2. The summed E-state index contributed by atoms with van der Waals surface area (Å²) < 4.78 is 5.51. The van der Waals surface area contributed by atoms with E-state index in [0.29, 0.717) is 5.69 Å². The molecular weight excluding hydrogens is 232 g/mol. The van der Waals surface area contributed by atoms with Crippen molar-refractivity contribution in [2.75, 3.05) is 0 Å². The maximum absolute atomic E-state index is 11.0. The van der Waals surface area contributed by atoms with Crippen molar-refractivity contribution in [1.82, 2.24) is 9.97 Å². The Hall–Kier alpha value is -2.43. The van der Waals surface area contributed by atoms with Gasteiger partial charge in [-0.1, -0.05) is 30.3 Å². The molecule has 0 saturated carbocycles. The molecule has 0 aliphatic carbocycles. The zero-order chi connectivity index (χ0) is 13.0.